The van der Waals surface area contributed by atoms with Crippen molar-refractivity contribution in [3.05, 3.63) is 0 Å². The number of esters is 1. The van der Waals surface area contributed by atoms with Crippen LogP contribution in [0.1, 0.15) is 34.1 Å². The molecule has 2 unspecified atom stereocenters. The predicted molar refractivity (Wildman–Crippen MR) is 52.9 cm³/mol. The SMILES string of the molecule is CCOC(=O)CC(C)OC(C)OCC. The molecule has 0 aromatic carbocycles. The summed E-state index contributed by atoms with van der Waals surface area (Å²) in [6, 6.07) is 0. The molecular formula is C10H20O4. The van der Waals surface area contributed by atoms with Gasteiger partial charge in [-0.2, -0.15) is 0 Å². The van der Waals surface area contributed by atoms with Gasteiger partial charge in [0.25, 0.3) is 0 Å². The highest BCUT2D eigenvalue weighted by molar-refractivity contribution is 5.69. The highest BCUT2D eigenvalue weighted by atomic mass is 16.7. The number of rotatable bonds is 7. The minimum absolute atomic E-state index is 0.171. The van der Waals surface area contributed by atoms with Gasteiger partial charge in [0.05, 0.1) is 19.1 Å². The molecule has 0 aromatic rings. The molecule has 0 aliphatic carbocycles. The maximum atomic E-state index is 11.0. The lowest BCUT2D eigenvalue weighted by Gasteiger charge is -2.18. The first kappa shape index (κ1) is 13.4. The van der Waals surface area contributed by atoms with Gasteiger partial charge in [-0.1, -0.05) is 0 Å². The zero-order valence-electron chi connectivity index (χ0n) is 9.41. The molecule has 0 bridgehead atoms. The van der Waals surface area contributed by atoms with Gasteiger partial charge in [-0.25, -0.2) is 0 Å². The Hall–Kier alpha value is -0.610. The van der Waals surface area contributed by atoms with Crippen LogP contribution >= 0.6 is 0 Å². The fourth-order valence-electron chi connectivity index (χ4n) is 1.10. The van der Waals surface area contributed by atoms with Gasteiger partial charge in [-0.15, -0.1) is 0 Å². The summed E-state index contributed by atoms with van der Waals surface area (Å²) >= 11 is 0. The van der Waals surface area contributed by atoms with E-state index in [1.165, 1.54) is 0 Å². The standard InChI is InChI=1S/C10H20O4/c1-5-12-9(4)14-8(3)7-10(11)13-6-2/h8-9H,5-7H2,1-4H3. The maximum Gasteiger partial charge on any atom is 0.308 e. The van der Waals surface area contributed by atoms with Crippen molar-refractivity contribution >= 4 is 5.97 Å². The molecule has 0 aliphatic rings. The normalized spacial score (nSPS) is 14.9. The summed E-state index contributed by atoms with van der Waals surface area (Å²) in [6.45, 7) is 8.33. The summed E-state index contributed by atoms with van der Waals surface area (Å²) in [6.07, 6.45) is -0.175. The minimum atomic E-state index is -0.274. The van der Waals surface area contributed by atoms with Gasteiger partial charge in [0.1, 0.15) is 0 Å². The molecule has 0 rings (SSSR count). The first-order valence-corrected chi connectivity index (χ1v) is 5.02. The van der Waals surface area contributed by atoms with Gasteiger partial charge in [-0.05, 0) is 27.7 Å². The van der Waals surface area contributed by atoms with Crippen molar-refractivity contribution < 1.29 is 19.0 Å². The molecule has 0 saturated heterocycles. The van der Waals surface area contributed by atoms with E-state index in [0.29, 0.717) is 13.2 Å². The summed E-state index contributed by atoms with van der Waals surface area (Å²) in [5.41, 5.74) is 0. The molecule has 0 amide bonds. The molecule has 84 valence electrons. The lowest BCUT2D eigenvalue weighted by Crippen LogP contribution is -2.23. The third kappa shape index (κ3) is 6.86. The highest BCUT2D eigenvalue weighted by Gasteiger charge is 2.13. The molecule has 2 atom stereocenters. The Labute approximate surface area is 85.5 Å². The lowest BCUT2D eigenvalue weighted by atomic mass is 10.3. The first-order valence-electron chi connectivity index (χ1n) is 5.02. The fraction of sp³-hybridized carbons (Fsp3) is 0.900. The fourth-order valence-corrected chi connectivity index (χ4v) is 1.10. The van der Waals surface area contributed by atoms with Crippen LogP contribution in [0.15, 0.2) is 0 Å². The van der Waals surface area contributed by atoms with E-state index in [4.69, 9.17) is 14.2 Å². The van der Waals surface area contributed by atoms with Crippen molar-refractivity contribution in [1.29, 1.82) is 0 Å². The Morgan fingerprint density at radius 1 is 1.21 bits per heavy atom. The summed E-state index contributed by atoms with van der Waals surface area (Å²) in [4.78, 5) is 11.0. The van der Waals surface area contributed by atoms with Gasteiger partial charge in [0.15, 0.2) is 6.29 Å². The van der Waals surface area contributed by atoms with Crippen LogP contribution in [-0.2, 0) is 19.0 Å². The Bertz CT molecular complexity index is 158. The zero-order chi connectivity index (χ0) is 11.0. The Morgan fingerprint density at radius 2 is 1.86 bits per heavy atom. The van der Waals surface area contributed by atoms with E-state index in [1.807, 2.05) is 20.8 Å². The molecule has 0 saturated carbocycles. The number of carbonyl (C=O) groups is 1. The maximum absolute atomic E-state index is 11.0. The predicted octanol–water partition coefficient (Wildman–Crippen LogP) is 1.73. The second-order valence-corrected chi connectivity index (χ2v) is 2.98. The number of hydrogen-bond acceptors (Lipinski definition) is 4. The molecule has 0 spiro atoms. The molecule has 4 heteroatoms. The van der Waals surface area contributed by atoms with Crippen molar-refractivity contribution in [3.8, 4) is 0 Å². The first-order chi connectivity index (χ1) is 6.60. The van der Waals surface area contributed by atoms with Crippen LogP contribution in [0.2, 0.25) is 0 Å². The monoisotopic (exact) mass is 204 g/mol. The van der Waals surface area contributed by atoms with E-state index in [2.05, 4.69) is 0 Å². The largest absolute Gasteiger partial charge is 0.466 e. The topological polar surface area (TPSA) is 44.8 Å². The van der Waals surface area contributed by atoms with Crippen LogP contribution in [0.3, 0.4) is 0 Å². The van der Waals surface area contributed by atoms with Crippen LogP contribution in [0.4, 0.5) is 0 Å². The Morgan fingerprint density at radius 3 is 2.36 bits per heavy atom. The van der Waals surface area contributed by atoms with Gasteiger partial charge >= 0.3 is 5.97 Å². The van der Waals surface area contributed by atoms with Crippen molar-refractivity contribution in [2.45, 2.75) is 46.5 Å². The van der Waals surface area contributed by atoms with Crippen LogP contribution in [0.25, 0.3) is 0 Å². The van der Waals surface area contributed by atoms with E-state index in [0.717, 1.165) is 0 Å². The molecule has 4 nitrogen and oxygen atoms in total. The smallest absolute Gasteiger partial charge is 0.308 e. The van der Waals surface area contributed by atoms with Crippen molar-refractivity contribution in [3.63, 3.8) is 0 Å². The van der Waals surface area contributed by atoms with E-state index < -0.39 is 0 Å². The van der Waals surface area contributed by atoms with Crippen molar-refractivity contribution in [2.24, 2.45) is 0 Å². The summed E-state index contributed by atoms with van der Waals surface area (Å²) < 4.78 is 15.4. The summed E-state index contributed by atoms with van der Waals surface area (Å²) in [5.74, 6) is -0.233. The second-order valence-electron chi connectivity index (χ2n) is 2.98. The molecule has 0 radical (unpaired) electrons. The quantitative estimate of drug-likeness (QED) is 0.468. The molecule has 0 fully saturated rings. The molecule has 0 aliphatic heterocycles. The number of ether oxygens (including phenoxy) is 3. The van der Waals surface area contributed by atoms with E-state index in [9.17, 15) is 4.79 Å². The average molecular weight is 204 g/mol. The molecular weight excluding hydrogens is 184 g/mol. The van der Waals surface area contributed by atoms with Gasteiger partial charge in [0, 0.05) is 6.61 Å². The third-order valence-electron chi connectivity index (χ3n) is 1.58. The number of hydrogen-bond donors (Lipinski definition) is 0. The Balaban J connectivity index is 3.63. The van der Waals surface area contributed by atoms with Crippen LogP contribution in [0.5, 0.6) is 0 Å². The van der Waals surface area contributed by atoms with E-state index >= 15 is 0 Å². The highest BCUT2D eigenvalue weighted by Crippen LogP contribution is 2.04. The lowest BCUT2D eigenvalue weighted by molar-refractivity contribution is -0.166. The van der Waals surface area contributed by atoms with Crippen LogP contribution in [0, 0.1) is 0 Å². The van der Waals surface area contributed by atoms with Gasteiger partial charge in [0.2, 0.25) is 0 Å². The molecule has 14 heavy (non-hydrogen) atoms. The zero-order valence-corrected chi connectivity index (χ0v) is 9.41. The average Bonchev–Trinajstić information content (AvgIpc) is 2.03. The van der Waals surface area contributed by atoms with E-state index in [1.54, 1.807) is 6.92 Å². The summed E-state index contributed by atoms with van der Waals surface area (Å²) in [5, 5.41) is 0. The minimum Gasteiger partial charge on any atom is -0.466 e. The molecule has 0 aromatic heterocycles. The molecule has 0 heterocycles. The van der Waals surface area contributed by atoms with Crippen LogP contribution < -0.4 is 0 Å². The second kappa shape index (κ2) is 7.76. The van der Waals surface area contributed by atoms with Gasteiger partial charge < -0.3 is 14.2 Å². The van der Waals surface area contributed by atoms with Gasteiger partial charge in [-0.3, -0.25) is 4.79 Å². The van der Waals surface area contributed by atoms with Crippen molar-refractivity contribution in [1.82, 2.24) is 0 Å². The van der Waals surface area contributed by atoms with Crippen LogP contribution in [-0.4, -0.2) is 31.6 Å². The Kier molecular flexibility index (Phi) is 7.42. The third-order valence-corrected chi connectivity index (χ3v) is 1.58. The van der Waals surface area contributed by atoms with E-state index in [-0.39, 0.29) is 24.8 Å². The molecule has 0 N–H and O–H groups in total. The number of carbonyl (C=O) groups excluding carboxylic acids is 1. The van der Waals surface area contributed by atoms with Crippen molar-refractivity contribution in [2.75, 3.05) is 13.2 Å². The summed E-state index contributed by atoms with van der Waals surface area (Å²) in [7, 11) is 0.